The molecule has 4 nitrogen and oxygen atoms in total. The quantitative estimate of drug-likeness (QED) is 0.643. The van der Waals surface area contributed by atoms with Crippen molar-refractivity contribution in [2.24, 2.45) is 5.41 Å². The lowest BCUT2D eigenvalue weighted by Crippen LogP contribution is -2.58. The van der Waals surface area contributed by atoms with Crippen LogP contribution in [0.5, 0.6) is 0 Å². The second-order valence-electron chi connectivity index (χ2n) is 8.39. The number of rotatable bonds is 5. The van der Waals surface area contributed by atoms with Gasteiger partial charge < -0.3 is 9.80 Å². The van der Waals surface area contributed by atoms with Crippen molar-refractivity contribution >= 4 is 17.2 Å². The Hall–Kier alpha value is -2.50. The molecular weight excluding hydrogens is 378 g/mol. The van der Waals surface area contributed by atoms with Crippen molar-refractivity contribution in [2.75, 3.05) is 32.7 Å². The maximum absolute atomic E-state index is 12.6. The number of benzene rings is 2. The molecule has 1 aromatic heterocycles. The van der Waals surface area contributed by atoms with Crippen molar-refractivity contribution in [3.8, 4) is 0 Å². The van der Waals surface area contributed by atoms with E-state index >= 15 is 0 Å². The van der Waals surface area contributed by atoms with Crippen LogP contribution in [-0.4, -0.2) is 53.4 Å². The molecular formula is C24H25N3OS. The third kappa shape index (κ3) is 3.72. The molecule has 2 aliphatic heterocycles. The van der Waals surface area contributed by atoms with Crippen LogP contribution in [-0.2, 0) is 0 Å². The van der Waals surface area contributed by atoms with Crippen LogP contribution in [0.1, 0.15) is 34.0 Å². The van der Waals surface area contributed by atoms with E-state index in [0.29, 0.717) is 11.6 Å². The summed E-state index contributed by atoms with van der Waals surface area (Å²) in [7, 11) is 0. The highest BCUT2D eigenvalue weighted by atomic mass is 32.1. The van der Waals surface area contributed by atoms with E-state index in [0.717, 1.165) is 39.1 Å². The Morgan fingerprint density at radius 3 is 2.24 bits per heavy atom. The molecule has 0 bridgehead atoms. The largest absolute Gasteiger partial charge is 0.337 e. The van der Waals surface area contributed by atoms with Crippen LogP contribution in [0.25, 0.3) is 0 Å². The van der Waals surface area contributed by atoms with Crippen LogP contribution in [0.15, 0.2) is 71.6 Å². The fourth-order valence-electron chi connectivity index (χ4n) is 4.91. The molecule has 2 saturated heterocycles. The monoisotopic (exact) mass is 403 g/mol. The van der Waals surface area contributed by atoms with Gasteiger partial charge in [-0.15, -0.1) is 11.3 Å². The number of hydrogen-bond donors (Lipinski definition) is 0. The highest BCUT2D eigenvalue weighted by Crippen LogP contribution is 2.41. The summed E-state index contributed by atoms with van der Waals surface area (Å²) in [6.07, 6.45) is 1.10. The van der Waals surface area contributed by atoms with Crippen molar-refractivity contribution in [3.63, 3.8) is 0 Å². The summed E-state index contributed by atoms with van der Waals surface area (Å²) in [5.74, 6) is 0.469. The number of amides is 1. The lowest BCUT2D eigenvalue weighted by Gasteiger charge is -2.49. The fourth-order valence-corrected chi connectivity index (χ4v) is 5.44. The third-order valence-corrected chi connectivity index (χ3v) is 6.93. The summed E-state index contributed by atoms with van der Waals surface area (Å²) in [6.45, 7) is 4.88. The molecule has 0 atom stereocenters. The zero-order valence-electron chi connectivity index (χ0n) is 16.4. The minimum Gasteiger partial charge on any atom is -0.337 e. The van der Waals surface area contributed by atoms with Gasteiger partial charge in [0.15, 0.2) is 0 Å². The minimum atomic E-state index is 0.0908. The zero-order valence-corrected chi connectivity index (χ0v) is 17.2. The molecule has 5 heteroatoms. The predicted molar refractivity (Wildman–Crippen MR) is 116 cm³/mol. The second kappa shape index (κ2) is 7.73. The first-order valence-corrected chi connectivity index (χ1v) is 11.2. The van der Waals surface area contributed by atoms with Crippen molar-refractivity contribution in [1.82, 2.24) is 14.8 Å². The number of hydrogen-bond acceptors (Lipinski definition) is 4. The van der Waals surface area contributed by atoms with Crippen molar-refractivity contribution in [3.05, 3.63) is 88.4 Å². The highest BCUT2D eigenvalue weighted by molar-refractivity contribution is 7.07. The molecule has 3 aromatic rings. The minimum absolute atomic E-state index is 0.0908. The van der Waals surface area contributed by atoms with Gasteiger partial charge in [0.25, 0.3) is 5.91 Å². The number of carbonyl (C=O) groups excluding carboxylic acids is 1. The maximum Gasteiger partial charge on any atom is 0.273 e. The van der Waals surface area contributed by atoms with Crippen molar-refractivity contribution in [1.29, 1.82) is 0 Å². The smallest absolute Gasteiger partial charge is 0.273 e. The summed E-state index contributed by atoms with van der Waals surface area (Å²) < 4.78 is 0. The van der Waals surface area contributed by atoms with E-state index < -0.39 is 0 Å². The lowest BCUT2D eigenvalue weighted by atomic mass is 9.77. The van der Waals surface area contributed by atoms with Gasteiger partial charge in [-0.05, 0) is 17.5 Å². The van der Waals surface area contributed by atoms with Gasteiger partial charge in [0.2, 0.25) is 0 Å². The molecule has 5 rings (SSSR count). The molecule has 29 heavy (non-hydrogen) atoms. The van der Waals surface area contributed by atoms with Crippen LogP contribution < -0.4 is 0 Å². The average molecular weight is 404 g/mol. The standard InChI is InChI=1S/C24H25N3OS/c28-23(22-14-29-18-25-22)27-12-11-24(17-27)15-26(16-24)13-21(19-7-3-1-4-8-19)20-9-5-2-6-10-20/h1-10,14,18,21H,11-13,15-17H2. The fraction of sp³-hybridized carbons (Fsp3) is 0.333. The Morgan fingerprint density at radius 2 is 1.66 bits per heavy atom. The molecule has 0 radical (unpaired) electrons. The van der Waals surface area contributed by atoms with Crippen LogP contribution >= 0.6 is 11.3 Å². The topological polar surface area (TPSA) is 36.4 Å². The van der Waals surface area contributed by atoms with Gasteiger partial charge in [0.05, 0.1) is 5.51 Å². The van der Waals surface area contributed by atoms with Gasteiger partial charge in [-0.1, -0.05) is 60.7 Å². The second-order valence-corrected chi connectivity index (χ2v) is 9.11. The Labute approximate surface area is 175 Å². The third-order valence-electron chi connectivity index (χ3n) is 6.34. The lowest BCUT2D eigenvalue weighted by molar-refractivity contribution is 0.00671. The van der Waals surface area contributed by atoms with Crippen LogP contribution in [0.2, 0.25) is 0 Å². The summed E-state index contributed by atoms with van der Waals surface area (Å²) in [5, 5.41) is 1.85. The first kappa shape index (κ1) is 18.5. The highest BCUT2D eigenvalue weighted by Gasteiger charge is 2.49. The van der Waals surface area contributed by atoms with Gasteiger partial charge in [-0.2, -0.15) is 0 Å². The number of carbonyl (C=O) groups is 1. The molecule has 1 amide bonds. The number of aromatic nitrogens is 1. The first-order chi connectivity index (χ1) is 14.2. The van der Waals surface area contributed by atoms with E-state index in [1.165, 1.54) is 22.5 Å². The maximum atomic E-state index is 12.6. The molecule has 2 aromatic carbocycles. The predicted octanol–water partition coefficient (Wildman–Crippen LogP) is 4.12. The van der Waals surface area contributed by atoms with E-state index in [1.807, 2.05) is 10.3 Å². The zero-order chi connectivity index (χ0) is 19.7. The molecule has 2 aliphatic rings. The molecule has 0 aliphatic carbocycles. The van der Waals surface area contributed by atoms with Gasteiger partial charge in [0, 0.05) is 49.4 Å². The number of nitrogens with zero attached hydrogens (tertiary/aromatic N) is 3. The Bertz CT molecular complexity index is 913. The van der Waals surface area contributed by atoms with Crippen LogP contribution in [0, 0.1) is 5.41 Å². The molecule has 0 unspecified atom stereocenters. The van der Waals surface area contributed by atoms with Gasteiger partial charge in [-0.3, -0.25) is 4.79 Å². The molecule has 0 N–H and O–H groups in total. The van der Waals surface area contributed by atoms with Crippen LogP contribution in [0.3, 0.4) is 0 Å². The van der Waals surface area contributed by atoms with Crippen molar-refractivity contribution in [2.45, 2.75) is 12.3 Å². The van der Waals surface area contributed by atoms with E-state index in [1.54, 1.807) is 5.51 Å². The summed E-state index contributed by atoms with van der Waals surface area (Å²) in [5.41, 5.74) is 5.33. The summed E-state index contributed by atoms with van der Waals surface area (Å²) in [6, 6.07) is 21.6. The summed E-state index contributed by atoms with van der Waals surface area (Å²) in [4.78, 5) is 21.4. The normalized spacial score (nSPS) is 18.3. The van der Waals surface area contributed by atoms with Gasteiger partial charge in [0.1, 0.15) is 5.69 Å². The molecule has 148 valence electrons. The van der Waals surface area contributed by atoms with E-state index in [9.17, 15) is 4.79 Å². The summed E-state index contributed by atoms with van der Waals surface area (Å²) >= 11 is 1.48. The van der Waals surface area contributed by atoms with E-state index in [4.69, 9.17) is 0 Å². The first-order valence-electron chi connectivity index (χ1n) is 10.2. The van der Waals surface area contributed by atoms with E-state index in [-0.39, 0.29) is 11.3 Å². The van der Waals surface area contributed by atoms with Gasteiger partial charge >= 0.3 is 0 Å². The number of thiazole rings is 1. The molecule has 0 saturated carbocycles. The van der Waals surface area contributed by atoms with Crippen LogP contribution in [0.4, 0.5) is 0 Å². The Balaban J connectivity index is 1.25. The SMILES string of the molecule is O=C(c1cscn1)N1CCC2(CN(CC(c3ccccc3)c3ccccc3)C2)C1. The van der Waals surface area contributed by atoms with Gasteiger partial charge in [-0.25, -0.2) is 4.98 Å². The average Bonchev–Trinajstić information content (AvgIpc) is 3.43. The van der Waals surface area contributed by atoms with Crippen molar-refractivity contribution < 1.29 is 4.79 Å². The Kier molecular flexibility index (Phi) is 4.94. The molecule has 3 heterocycles. The number of likely N-dealkylation sites (tertiary alicyclic amines) is 2. The van der Waals surface area contributed by atoms with E-state index in [2.05, 4.69) is 70.5 Å². The molecule has 1 spiro atoms. The Morgan fingerprint density at radius 1 is 1.00 bits per heavy atom. The molecule has 2 fully saturated rings.